The van der Waals surface area contributed by atoms with Crippen LogP contribution in [0.3, 0.4) is 0 Å². The predicted octanol–water partition coefficient (Wildman–Crippen LogP) is 2.07. The first-order valence-corrected chi connectivity index (χ1v) is 7.07. The van der Waals surface area contributed by atoms with Gasteiger partial charge in [-0.2, -0.15) is 5.10 Å². The van der Waals surface area contributed by atoms with Crippen LogP contribution >= 0.6 is 11.6 Å². The molecule has 1 aliphatic rings. The second kappa shape index (κ2) is 5.74. The summed E-state index contributed by atoms with van der Waals surface area (Å²) < 4.78 is 1.69. The van der Waals surface area contributed by atoms with Gasteiger partial charge in [0, 0.05) is 26.0 Å². The van der Waals surface area contributed by atoms with Crippen LogP contribution in [0.15, 0.2) is 6.07 Å². The number of aryl methyl sites for hydroxylation is 2. The van der Waals surface area contributed by atoms with Crippen LogP contribution in [0, 0.1) is 5.92 Å². The summed E-state index contributed by atoms with van der Waals surface area (Å²) in [5, 5.41) is 4.33. The fraction of sp³-hybridized carbons (Fsp3) is 0.692. The standard InChI is InChI=1S/C13H20ClN3O/c1-3-11-7-12(16(2)15-11)13(18)17-6-4-5-10(8-14)9-17/h7,10H,3-6,8-9H2,1-2H3. The number of amides is 1. The minimum absolute atomic E-state index is 0.0829. The van der Waals surface area contributed by atoms with Crippen LogP contribution in [-0.4, -0.2) is 39.6 Å². The van der Waals surface area contributed by atoms with Gasteiger partial charge in [0.05, 0.1) is 5.69 Å². The van der Waals surface area contributed by atoms with Crippen LogP contribution in [0.2, 0.25) is 0 Å². The highest BCUT2D eigenvalue weighted by Gasteiger charge is 2.25. The topological polar surface area (TPSA) is 38.1 Å². The van der Waals surface area contributed by atoms with Crippen LogP contribution in [0.4, 0.5) is 0 Å². The molecule has 1 fully saturated rings. The molecule has 0 aromatic carbocycles. The van der Waals surface area contributed by atoms with Gasteiger partial charge in [-0.15, -0.1) is 11.6 Å². The Kier molecular flexibility index (Phi) is 4.27. The molecular formula is C13H20ClN3O. The van der Waals surface area contributed by atoms with E-state index in [1.807, 2.05) is 24.9 Å². The number of rotatable bonds is 3. The van der Waals surface area contributed by atoms with Gasteiger partial charge in [-0.25, -0.2) is 0 Å². The van der Waals surface area contributed by atoms with Gasteiger partial charge in [0.15, 0.2) is 0 Å². The van der Waals surface area contributed by atoms with Crippen LogP contribution in [0.25, 0.3) is 0 Å². The molecule has 18 heavy (non-hydrogen) atoms. The van der Waals surface area contributed by atoms with Gasteiger partial charge in [-0.1, -0.05) is 6.92 Å². The second-order valence-corrected chi connectivity index (χ2v) is 5.22. The van der Waals surface area contributed by atoms with Gasteiger partial charge in [0.1, 0.15) is 5.69 Å². The number of likely N-dealkylation sites (tertiary alicyclic amines) is 1. The summed E-state index contributed by atoms with van der Waals surface area (Å²) in [5.74, 6) is 1.15. The van der Waals surface area contributed by atoms with Crippen LogP contribution < -0.4 is 0 Å². The molecule has 100 valence electrons. The average molecular weight is 270 g/mol. The molecule has 2 rings (SSSR count). The molecule has 0 radical (unpaired) electrons. The molecule has 1 atom stereocenters. The van der Waals surface area contributed by atoms with Crippen molar-refractivity contribution in [3.8, 4) is 0 Å². The predicted molar refractivity (Wildman–Crippen MR) is 71.9 cm³/mol. The fourth-order valence-corrected chi connectivity index (χ4v) is 2.69. The normalized spacial score (nSPS) is 20.2. The molecule has 1 saturated heterocycles. The van der Waals surface area contributed by atoms with Crippen molar-refractivity contribution in [2.75, 3.05) is 19.0 Å². The Hall–Kier alpha value is -1.03. The maximum Gasteiger partial charge on any atom is 0.272 e. The number of carbonyl (C=O) groups excluding carboxylic acids is 1. The number of halogens is 1. The third kappa shape index (κ3) is 2.69. The van der Waals surface area contributed by atoms with Crippen molar-refractivity contribution in [3.63, 3.8) is 0 Å². The summed E-state index contributed by atoms with van der Waals surface area (Å²) in [6.07, 6.45) is 3.02. The molecule has 0 saturated carbocycles. The van der Waals surface area contributed by atoms with Crippen LogP contribution in [0.5, 0.6) is 0 Å². The van der Waals surface area contributed by atoms with E-state index in [1.54, 1.807) is 4.68 Å². The van der Waals surface area contributed by atoms with Gasteiger partial charge in [0.25, 0.3) is 5.91 Å². The van der Waals surface area contributed by atoms with Crippen molar-refractivity contribution in [2.45, 2.75) is 26.2 Å². The number of hydrogen-bond acceptors (Lipinski definition) is 2. The highest BCUT2D eigenvalue weighted by Crippen LogP contribution is 2.19. The highest BCUT2D eigenvalue weighted by molar-refractivity contribution is 6.18. The smallest absolute Gasteiger partial charge is 0.272 e. The van der Waals surface area contributed by atoms with E-state index < -0.39 is 0 Å². The molecule has 1 unspecified atom stereocenters. The van der Waals surface area contributed by atoms with E-state index in [2.05, 4.69) is 5.10 Å². The summed E-state index contributed by atoms with van der Waals surface area (Å²) in [6.45, 7) is 3.65. The first kappa shape index (κ1) is 13.4. The lowest BCUT2D eigenvalue weighted by Gasteiger charge is -2.31. The number of nitrogens with zero attached hydrogens (tertiary/aromatic N) is 3. The largest absolute Gasteiger partial charge is 0.337 e. The zero-order valence-corrected chi connectivity index (χ0v) is 11.8. The van der Waals surface area contributed by atoms with Crippen molar-refractivity contribution < 1.29 is 4.79 Å². The molecule has 4 nitrogen and oxygen atoms in total. The molecule has 1 aromatic rings. The Morgan fingerprint density at radius 3 is 3.00 bits per heavy atom. The lowest BCUT2D eigenvalue weighted by atomic mass is 10.00. The van der Waals surface area contributed by atoms with Crippen molar-refractivity contribution in [3.05, 3.63) is 17.5 Å². The zero-order valence-electron chi connectivity index (χ0n) is 11.0. The quantitative estimate of drug-likeness (QED) is 0.788. The van der Waals surface area contributed by atoms with E-state index >= 15 is 0 Å². The van der Waals surface area contributed by atoms with Crippen molar-refractivity contribution in [2.24, 2.45) is 13.0 Å². The average Bonchev–Trinajstić information content (AvgIpc) is 2.79. The monoisotopic (exact) mass is 269 g/mol. The molecule has 5 heteroatoms. The maximum absolute atomic E-state index is 12.4. The Labute approximate surface area is 113 Å². The molecule has 0 N–H and O–H groups in total. The number of carbonyl (C=O) groups is 1. The summed E-state index contributed by atoms with van der Waals surface area (Å²) in [7, 11) is 1.83. The van der Waals surface area contributed by atoms with E-state index in [-0.39, 0.29) is 5.91 Å². The fourth-order valence-electron chi connectivity index (χ4n) is 2.44. The van der Waals surface area contributed by atoms with Gasteiger partial charge >= 0.3 is 0 Å². The number of alkyl halides is 1. The molecule has 0 aliphatic carbocycles. The Morgan fingerprint density at radius 1 is 1.61 bits per heavy atom. The molecule has 1 aliphatic heterocycles. The molecule has 2 heterocycles. The van der Waals surface area contributed by atoms with Crippen molar-refractivity contribution >= 4 is 17.5 Å². The van der Waals surface area contributed by atoms with E-state index in [0.717, 1.165) is 38.0 Å². The van der Waals surface area contributed by atoms with Crippen LogP contribution in [0.1, 0.15) is 35.9 Å². The van der Waals surface area contributed by atoms with Gasteiger partial charge in [-0.3, -0.25) is 9.48 Å². The number of hydrogen-bond donors (Lipinski definition) is 0. The molecule has 0 spiro atoms. The second-order valence-electron chi connectivity index (χ2n) is 4.91. The van der Waals surface area contributed by atoms with E-state index in [0.29, 0.717) is 17.5 Å². The molecule has 0 bridgehead atoms. The maximum atomic E-state index is 12.4. The lowest BCUT2D eigenvalue weighted by Crippen LogP contribution is -2.41. The van der Waals surface area contributed by atoms with Gasteiger partial charge in [0.2, 0.25) is 0 Å². The zero-order chi connectivity index (χ0) is 13.1. The van der Waals surface area contributed by atoms with Crippen molar-refractivity contribution in [1.82, 2.24) is 14.7 Å². The van der Waals surface area contributed by atoms with Crippen LogP contribution in [-0.2, 0) is 13.5 Å². The third-order valence-corrected chi connectivity index (χ3v) is 3.97. The molecule has 1 amide bonds. The minimum Gasteiger partial charge on any atom is -0.337 e. The summed E-state index contributed by atoms with van der Waals surface area (Å²) in [5.41, 5.74) is 1.65. The Morgan fingerprint density at radius 2 is 2.39 bits per heavy atom. The molecule has 1 aromatic heterocycles. The Balaban J connectivity index is 2.12. The number of piperidine rings is 1. The SMILES string of the molecule is CCc1cc(C(=O)N2CCCC(CCl)C2)n(C)n1. The molecular weight excluding hydrogens is 250 g/mol. The van der Waals surface area contributed by atoms with E-state index in [9.17, 15) is 4.79 Å². The van der Waals surface area contributed by atoms with E-state index in [1.165, 1.54) is 0 Å². The Bertz CT molecular complexity index is 430. The van der Waals surface area contributed by atoms with E-state index in [4.69, 9.17) is 11.6 Å². The van der Waals surface area contributed by atoms with Crippen molar-refractivity contribution in [1.29, 1.82) is 0 Å². The highest BCUT2D eigenvalue weighted by atomic mass is 35.5. The van der Waals surface area contributed by atoms with Gasteiger partial charge in [-0.05, 0) is 31.2 Å². The first-order valence-electron chi connectivity index (χ1n) is 6.53. The summed E-state index contributed by atoms with van der Waals surface area (Å²) >= 11 is 5.90. The number of aromatic nitrogens is 2. The summed E-state index contributed by atoms with van der Waals surface area (Å²) in [4.78, 5) is 14.3. The lowest BCUT2D eigenvalue weighted by molar-refractivity contribution is 0.0673. The third-order valence-electron chi connectivity index (χ3n) is 3.54. The van der Waals surface area contributed by atoms with Gasteiger partial charge < -0.3 is 4.90 Å². The minimum atomic E-state index is 0.0829. The first-order chi connectivity index (χ1) is 8.65. The summed E-state index contributed by atoms with van der Waals surface area (Å²) in [6, 6.07) is 1.90.